The van der Waals surface area contributed by atoms with Gasteiger partial charge in [0.05, 0.1) is 11.1 Å². The number of halogens is 1. The summed E-state index contributed by atoms with van der Waals surface area (Å²) < 4.78 is 0. The van der Waals surface area contributed by atoms with E-state index < -0.39 is 0 Å². The number of pyridine rings is 1. The second kappa shape index (κ2) is 7.98. The number of likely N-dealkylation sites (tertiary alicyclic amines) is 1. The minimum atomic E-state index is -0.278. The van der Waals surface area contributed by atoms with Crippen molar-refractivity contribution in [2.75, 3.05) is 18.8 Å². The number of H-pyrrole nitrogens is 1. The van der Waals surface area contributed by atoms with Gasteiger partial charge in [-0.1, -0.05) is 11.6 Å². The first kappa shape index (κ1) is 20.8. The van der Waals surface area contributed by atoms with Crippen LogP contribution in [0.15, 0.2) is 22.2 Å². The molecule has 1 spiro atoms. The zero-order valence-electron chi connectivity index (χ0n) is 17.0. The van der Waals surface area contributed by atoms with Gasteiger partial charge in [0.2, 0.25) is 0 Å². The number of aliphatic hydroxyl groups is 1. The second-order valence-corrected chi connectivity index (χ2v) is 8.57. The molecule has 0 amide bonds. The van der Waals surface area contributed by atoms with Gasteiger partial charge in [-0.3, -0.25) is 10.1 Å². The van der Waals surface area contributed by atoms with Crippen molar-refractivity contribution in [3.05, 3.63) is 17.3 Å². The summed E-state index contributed by atoms with van der Waals surface area (Å²) in [6.07, 6.45) is 4.68. The van der Waals surface area contributed by atoms with Gasteiger partial charge >= 0.3 is 0 Å². The Morgan fingerprint density at radius 3 is 2.80 bits per heavy atom. The minimum absolute atomic E-state index is 0.0449. The number of nitrogens with two attached hydrogens (primary N) is 2. The summed E-state index contributed by atoms with van der Waals surface area (Å²) in [6, 6.07) is 1.80. The third kappa shape index (κ3) is 3.57. The van der Waals surface area contributed by atoms with Gasteiger partial charge in [0.15, 0.2) is 5.82 Å². The molecule has 9 nitrogen and oxygen atoms in total. The Bertz CT molecular complexity index is 979. The van der Waals surface area contributed by atoms with Crippen LogP contribution in [-0.4, -0.2) is 63.0 Å². The van der Waals surface area contributed by atoms with Crippen LogP contribution in [0.1, 0.15) is 32.6 Å². The fourth-order valence-electron chi connectivity index (χ4n) is 4.72. The number of hydrogen-bond donors (Lipinski definition) is 4. The summed E-state index contributed by atoms with van der Waals surface area (Å²) >= 11 is 6.30. The van der Waals surface area contributed by atoms with Crippen LogP contribution in [0, 0.1) is 5.41 Å². The molecule has 2 atom stereocenters. The molecule has 0 bridgehead atoms. The van der Waals surface area contributed by atoms with Crippen molar-refractivity contribution >= 4 is 41.5 Å². The maximum absolute atomic E-state index is 10.0. The molecule has 0 radical (unpaired) electrons. The SMILES string of the molecule is C=Nc1c(-c2ccnc(N)c2Cl)n[nH]c1/N=C(\C)N1CCC2(CC1)C[C@H](O)C[C@H]2N. The lowest BCUT2D eigenvalue weighted by molar-refractivity contribution is 0.109. The van der Waals surface area contributed by atoms with Gasteiger partial charge < -0.3 is 21.5 Å². The van der Waals surface area contributed by atoms with Crippen LogP contribution in [0.2, 0.25) is 5.02 Å². The number of anilines is 1. The topological polar surface area (TPSA) is 142 Å². The molecule has 0 aromatic carbocycles. The highest BCUT2D eigenvalue weighted by Crippen LogP contribution is 2.46. The van der Waals surface area contributed by atoms with Crippen LogP contribution in [0.3, 0.4) is 0 Å². The number of aromatic amines is 1. The van der Waals surface area contributed by atoms with Crippen LogP contribution in [0.25, 0.3) is 11.3 Å². The van der Waals surface area contributed by atoms with E-state index in [0.717, 1.165) is 38.2 Å². The molecule has 10 heteroatoms. The average Bonchev–Trinajstić information content (AvgIpc) is 3.24. The zero-order chi connectivity index (χ0) is 21.5. The van der Waals surface area contributed by atoms with Crippen LogP contribution in [0.4, 0.5) is 17.3 Å². The van der Waals surface area contributed by atoms with Crippen LogP contribution in [-0.2, 0) is 0 Å². The Labute approximate surface area is 180 Å². The summed E-state index contributed by atoms with van der Waals surface area (Å²) in [5.74, 6) is 1.60. The molecule has 2 aromatic heterocycles. The van der Waals surface area contributed by atoms with E-state index >= 15 is 0 Å². The number of amidine groups is 1. The fraction of sp³-hybridized carbons (Fsp3) is 0.500. The van der Waals surface area contributed by atoms with Crippen LogP contribution >= 0.6 is 11.6 Å². The lowest BCUT2D eigenvalue weighted by Crippen LogP contribution is -2.48. The molecule has 160 valence electrons. The van der Waals surface area contributed by atoms with Gasteiger partial charge in [-0.05, 0) is 50.8 Å². The first-order chi connectivity index (χ1) is 14.3. The summed E-state index contributed by atoms with van der Waals surface area (Å²) in [4.78, 5) is 15.0. The molecule has 4 rings (SSSR count). The normalized spacial score (nSPS) is 23.9. The van der Waals surface area contributed by atoms with E-state index in [1.165, 1.54) is 0 Å². The van der Waals surface area contributed by atoms with Crippen molar-refractivity contribution in [1.82, 2.24) is 20.1 Å². The van der Waals surface area contributed by atoms with Crippen molar-refractivity contribution in [2.24, 2.45) is 21.1 Å². The van der Waals surface area contributed by atoms with Gasteiger partial charge in [-0.25, -0.2) is 9.98 Å². The van der Waals surface area contributed by atoms with Gasteiger partial charge in [0, 0.05) is 30.9 Å². The maximum atomic E-state index is 10.0. The molecule has 6 N–H and O–H groups in total. The predicted molar refractivity (Wildman–Crippen MR) is 120 cm³/mol. The molecule has 2 aliphatic rings. The fourth-order valence-corrected chi connectivity index (χ4v) is 4.92. The summed E-state index contributed by atoms with van der Waals surface area (Å²) in [5.41, 5.74) is 13.9. The van der Waals surface area contributed by atoms with E-state index in [4.69, 9.17) is 28.1 Å². The van der Waals surface area contributed by atoms with E-state index in [1.54, 1.807) is 12.3 Å². The molecule has 1 saturated heterocycles. The number of hydrogen-bond acceptors (Lipinski definition) is 7. The largest absolute Gasteiger partial charge is 0.393 e. The Morgan fingerprint density at radius 2 is 2.17 bits per heavy atom. The molecule has 1 saturated carbocycles. The Kier molecular flexibility index (Phi) is 5.52. The third-order valence-corrected chi connectivity index (χ3v) is 6.89. The lowest BCUT2D eigenvalue weighted by Gasteiger charge is -2.42. The molecule has 1 aliphatic carbocycles. The summed E-state index contributed by atoms with van der Waals surface area (Å²) in [6.45, 7) is 7.32. The number of aliphatic hydroxyl groups excluding tert-OH is 1. The molecule has 3 heterocycles. The number of aliphatic imine (C=N–C) groups is 2. The first-order valence-corrected chi connectivity index (χ1v) is 10.4. The molecule has 0 unspecified atom stereocenters. The molecule has 1 aliphatic heterocycles. The lowest BCUT2D eigenvalue weighted by atomic mass is 9.74. The number of aromatic nitrogens is 3. The summed E-state index contributed by atoms with van der Waals surface area (Å²) in [5, 5.41) is 17.6. The van der Waals surface area contributed by atoms with E-state index in [-0.39, 0.29) is 23.4 Å². The first-order valence-electron chi connectivity index (χ1n) is 10.0. The number of piperidine rings is 1. The van der Waals surface area contributed by atoms with Crippen molar-refractivity contribution in [3.8, 4) is 11.3 Å². The van der Waals surface area contributed by atoms with Crippen molar-refractivity contribution in [2.45, 2.75) is 44.8 Å². The van der Waals surface area contributed by atoms with Gasteiger partial charge in [-0.15, -0.1) is 0 Å². The minimum Gasteiger partial charge on any atom is -0.393 e. The van der Waals surface area contributed by atoms with Gasteiger partial charge in [-0.2, -0.15) is 5.10 Å². The van der Waals surface area contributed by atoms with E-state index in [1.807, 2.05) is 6.92 Å². The summed E-state index contributed by atoms with van der Waals surface area (Å²) in [7, 11) is 0. The molecular weight excluding hydrogens is 404 g/mol. The average molecular weight is 431 g/mol. The monoisotopic (exact) mass is 430 g/mol. The van der Waals surface area contributed by atoms with Crippen molar-refractivity contribution < 1.29 is 5.11 Å². The van der Waals surface area contributed by atoms with Crippen molar-refractivity contribution in [1.29, 1.82) is 0 Å². The molecule has 2 fully saturated rings. The number of nitrogens with zero attached hydrogens (tertiary/aromatic N) is 5. The van der Waals surface area contributed by atoms with Crippen molar-refractivity contribution in [3.63, 3.8) is 0 Å². The molecule has 30 heavy (non-hydrogen) atoms. The maximum Gasteiger partial charge on any atom is 0.176 e. The number of nitrogen functional groups attached to an aromatic ring is 1. The molecule has 2 aromatic rings. The number of rotatable bonds is 3. The molecular formula is C20H27ClN8O. The standard InChI is InChI=1S/C20H27ClN8O/c1-11(29-7-4-20(5-8-29)10-12(30)9-14(20)22)26-19-17(24-2)16(27-28-19)13-3-6-25-18(23)15(13)21/h3,6,12,14,30H,2,4-5,7-10,22H2,1H3,(H2,23,25)(H,27,28)/b26-11+/t12-,14-/m1/s1. The number of nitrogens with one attached hydrogen (secondary N) is 1. The Balaban J connectivity index is 1.55. The van der Waals surface area contributed by atoms with E-state index in [0.29, 0.717) is 34.2 Å². The zero-order valence-corrected chi connectivity index (χ0v) is 17.7. The van der Waals surface area contributed by atoms with E-state index in [2.05, 4.69) is 31.8 Å². The third-order valence-electron chi connectivity index (χ3n) is 6.50. The highest BCUT2D eigenvalue weighted by atomic mass is 35.5. The quantitative estimate of drug-likeness (QED) is 0.435. The predicted octanol–water partition coefficient (Wildman–Crippen LogP) is 2.65. The Morgan fingerprint density at radius 1 is 1.43 bits per heavy atom. The second-order valence-electron chi connectivity index (χ2n) is 8.19. The van der Waals surface area contributed by atoms with E-state index in [9.17, 15) is 5.11 Å². The van der Waals surface area contributed by atoms with Crippen LogP contribution < -0.4 is 11.5 Å². The van der Waals surface area contributed by atoms with Gasteiger partial charge in [0.1, 0.15) is 23.0 Å². The highest BCUT2D eigenvalue weighted by molar-refractivity contribution is 6.35. The Hall–Kier alpha value is -2.49. The van der Waals surface area contributed by atoms with Gasteiger partial charge in [0.25, 0.3) is 0 Å². The highest BCUT2D eigenvalue weighted by Gasteiger charge is 2.46. The van der Waals surface area contributed by atoms with Crippen LogP contribution in [0.5, 0.6) is 0 Å². The smallest absolute Gasteiger partial charge is 0.176 e.